The molecule has 7 heteroatoms. The van der Waals surface area contributed by atoms with Crippen LogP contribution < -0.4 is 4.90 Å². The van der Waals surface area contributed by atoms with E-state index in [4.69, 9.17) is 11.6 Å². The van der Waals surface area contributed by atoms with Gasteiger partial charge in [0.25, 0.3) is 0 Å². The Morgan fingerprint density at radius 1 is 1.00 bits per heavy atom. The van der Waals surface area contributed by atoms with Crippen LogP contribution in [0, 0.1) is 5.92 Å². The van der Waals surface area contributed by atoms with Gasteiger partial charge >= 0.3 is 0 Å². The van der Waals surface area contributed by atoms with Gasteiger partial charge in [-0.25, -0.2) is 0 Å². The molecule has 0 radical (unpaired) electrons. The summed E-state index contributed by atoms with van der Waals surface area (Å²) in [4.78, 5) is 16.5. The molecule has 0 bridgehead atoms. The van der Waals surface area contributed by atoms with Crippen LogP contribution in [0.25, 0.3) is 11.4 Å². The van der Waals surface area contributed by atoms with E-state index in [9.17, 15) is 4.79 Å². The topological polar surface area (TPSA) is 54.3 Å². The number of aromatic nitrogens is 3. The van der Waals surface area contributed by atoms with Crippen molar-refractivity contribution in [3.8, 4) is 11.4 Å². The highest BCUT2D eigenvalue weighted by molar-refractivity contribution is 6.33. The second kappa shape index (κ2) is 8.49. The van der Waals surface area contributed by atoms with E-state index in [1.54, 1.807) is 0 Å². The standard InChI is InChI=1S/C26H30ClN5O/c1-18(2)24(33)32-15-13-31(14-16-32)20-9-10-21(22(27)17-20)23-28-29-25(30(23)3)26(11-12-26)19-7-5-4-6-8-19/h4-10,17-18H,11-16H2,1-3H3. The first-order valence-electron chi connectivity index (χ1n) is 11.7. The number of rotatable bonds is 5. The summed E-state index contributed by atoms with van der Waals surface area (Å²) < 4.78 is 2.09. The van der Waals surface area contributed by atoms with Gasteiger partial charge in [-0.05, 0) is 36.6 Å². The minimum Gasteiger partial charge on any atom is -0.368 e. The molecule has 1 amide bonds. The lowest BCUT2D eigenvalue weighted by molar-refractivity contribution is -0.134. The zero-order chi connectivity index (χ0) is 23.2. The third kappa shape index (κ3) is 3.90. The Balaban J connectivity index is 1.36. The van der Waals surface area contributed by atoms with Gasteiger partial charge in [-0.3, -0.25) is 4.79 Å². The number of carbonyl (C=O) groups excluding carboxylic acids is 1. The Morgan fingerprint density at radius 3 is 2.30 bits per heavy atom. The van der Waals surface area contributed by atoms with Gasteiger partial charge in [0.05, 0.1) is 10.4 Å². The third-order valence-corrected chi connectivity index (χ3v) is 7.34. The predicted molar refractivity (Wildman–Crippen MR) is 132 cm³/mol. The Bertz CT molecular complexity index is 1160. The van der Waals surface area contributed by atoms with Crippen molar-refractivity contribution in [2.45, 2.75) is 32.1 Å². The van der Waals surface area contributed by atoms with Gasteiger partial charge in [0.15, 0.2) is 5.82 Å². The van der Waals surface area contributed by atoms with Crippen molar-refractivity contribution < 1.29 is 4.79 Å². The average molecular weight is 464 g/mol. The van der Waals surface area contributed by atoms with E-state index in [0.717, 1.165) is 61.9 Å². The maximum atomic E-state index is 12.3. The summed E-state index contributed by atoms with van der Waals surface area (Å²) in [5.74, 6) is 2.05. The fourth-order valence-corrected chi connectivity index (χ4v) is 5.20. The number of benzene rings is 2. The zero-order valence-corrected chi connectivity index (χ0v) is 20.2. The molecular formula is C26H30ClN5O. The smallest absolute Gasteiger partial charge is 0.225 e. The Kier molecular flexibility index (Phi) is 5.65. The number of halogens is 1. The third-order valence-electron chi connectivity index (χ3n) is 7.02. The first-order valence-corrected chi connectivity index (χ1v) is 12.1. The van der Waals surface area contributed by atoms with Gasteiger partial charge in [-0.15, -0.1) is 10.2 Å². The largest absolute Gasteiger partial charge is 0.368 e. The number of hydrogen-bond acceptors (Lipinski definition) is 4. The van der Waals surface area contributed by atoms with Crippen LogP contribution in [0.2, 0.25) is 5.02 Å². The molecule has 1 aliphatic carbocycles. The van der Waals surface area contributed by atoms with Crippen molar-refractivity contribution in [2.75, 3.05) is 31.1 Å². The molecule has 5 rings (SSSR count). The van der Waals surface area contributed by atoms with Gasteiger partial charge in [0.2, 0.25) is 5.91 Å². The van der Waals surface area contributed by atoms with Crippen LogP contribution >= 0.6 is 11.6 Å². The highest BCUT2D eigenvalue weighted by Gasteiger charge is 2.49. The fraction of sp³-hybridized carbons (Fsp3) is 0.423. The number of nitrogens with zero attached hydrogens (tertiary/aromatic N) is 5. The van der Waals surface area contributed by atoms with E-state index in [0.29, 0.717) is 5.02 Å². The number of anilines is 1. The molecule has 2 fully saturated rings. The number of amides is 1. The van der Waals surface area contributed by atoms with Crippen LogP contribution in [0.4, 0.5) is 5.69 Å². The molecular weight excluding hydrogens is 434 g/mol. The second-order valence-electron chi connectivity index (χ2n) is 9.49. The van der Waals surface area contributed by atoms with Crippen molar-refractivity contribution in [3.05, 3.63) is 64.9 Å². The molecule has 0 spiro atoms. The lowest BCUT2D eigenvalue weighted by atomic mass is 9.95. The second-order valence-corrected chi connectivity index (χ2v) is 9.89. The molecule has 3 aromatic rings. The molecule has 0 atom stereocenters. The molecule has 1 aromatic heterocycles. The van der Waals surface area contributed by atoms with E-state index < -0.39 is 0 Å². The highest BCUT2D eigenvalue weighted by Crippen LogP contribution is 2.53. The summed E-state index contributed by atoms with van der Waals surface area (Å²) in [7, 11) is 2.03. The summed E-state index contributed by atoms with van der Waals surface area (Å²) in [6, 6.07) is 16.7. The minimum absolute atomic E-state index is 0.0400. The molecule has 1 aliphatic heterocycles. The van der Waals surface area contributed by atoms with Gasteiger partial charge in [-0.1, -0.05) is 55.8 Å². The summed E-state index contributed by atoms with van der Waals surface area (Å²) in [6.45, 7) is 7.00. The number of hydrogen-bond donors (Lipinski definition) is 0. The van der Waals surface area contributed by atoms with E-state index in [2.05, 4.69) is 50.0 Å². The Morgan fingerprint density at radius 2 is 1.70 bits per heavy atom. The average Bonchev–Trinajstić information content (AvgIpc) is 3.55. The molecule has 2 heterocycles. The van der Waals surface area contributed by atoms with Crippen molar-refractivity contribution >= 4 is 23.2 Å². The monoisotopic (exact) mass is 463 g/mol. The zero-order valence-electron chi connectivity index (χ0n) is 19.5. The van der Waals surface area contributed by atoms with E-state index in [1.165, 1.54) is 5.56 Å². The van der Waals surface area contributed by atoms with Crippen LogP contribution in [0.5, 0.6) is 0 Å². The lowest BCUT2D eigenvalue weighted by Gasteiger charge is -2.37. The summed E-state index contributed by atoms with van der Waals surface area (Å²) >= 11 is 6.76. The summed E-state index contributed by atoms with van der Waals surface area (Å²) in [5, 5.41) is 9.81. The van der Waals surface area contributed by atoms with Crippen LogP contribution in [0.1, 0.15) is 38.1 Å². The van der Waals surface area contributed by atoms with Gasteiger partial charge in [0.1, 0.15) is 5.82 Å². The van der Waals surface area contributed by atoms with Gasteiger partial charge in [-0.2, -0.15) is 0 Å². The van der Waals surface area contributed by atoms with Crippen molar-refractivity contribution in [2.24, 2.45) is 13.0 Å². The lowest BCUT2D eigenvalue weighted by Crippen LogP contribution is -2.49. The maximum Gasteiger partial charge on any atom is 0.225 e. The number of piperazine rings is 1. The quantitative estimate of drug-likeness (QED) is 0.558. The van der Waals surface area contributed by atoms with Crippen molar-refractivity contribution in [3.63, 3.8) is 0 Å². The fourth-order valence-electron chi connectivity index (χ4n) is 4.94. The molecule has 1 saturated carbocycles. The maximum absolute atomic E-state index is 12.3. The van der Waals surface area contributed by atoms with E-state index in [-0.39, 0.29) is 17.2 Å². The van der Waals surface area contributed by atoms with Crippen molar-refractivity contribution in [1.82, 2.24) is 19.7 Å². The van der Waals surface area contributed by atoms with Crippen LogP contribution in [0.3, 0.4) is 0 Å². The minimum atomic E-state index is -0.0409. The Labute approximate surface area is 200 Å². The molecule has 1 saturated heterocycles. The van der Waals surface area contributed by atoms with Gasteiger partial charge in [0, 0.05) is 50.4 Å². The molecule has 0 N–H and O–H groups in total. The number of carbonyl (C=O) groups is 1. The highest BCUT2D eigenvalue weighted by atomic mass is 35.5. The molecule has 2 aliphatic rings. The Hall–Kier alpha value is -2.86. The van der Waals surface area contributed by atoms with Crippen LogP contribution in [-0.2, 0) is 17.3 Å². The molecule has 6 nitrogen and oxygen atoms in total. The summed E-state index contributed by atoms with van der Waals surface area (Å²) in [5.41, 5.74) is 3.22. The summed E-state index contributed by atoms with van der Waals surface area (Å²) in [6.07, 6.45) is 2.17. The SMILES string of the molecule is CC(C)C(=O)N1CCN(c2ccc(-c3nnc(C4(c5ccccc5)CC4)n3C)c(Cl)c2)CC1. The molecule has 2 aromatic carbocycles. The van der Waals surface area contributed by atoms with Gasteiger partial charge < -0.3 is 14.4 Å². The predicted octanol–water partition coefficient (Wildman–Crippen LogP) is 4.52. The molecule has 172 valence electrons. The van der Waals surface area contributed by atoms with Crippen molar-refractivity contribution in [1.29, 1.82) is 0 Å². The molecule has 33 heavy (non-hydrogen) atoms. The van der Waals surface area contributed by atoms with E-state index >= 15 is 0 Å². The first-order chi connectivity index (χ1) is 15.9. The van der Waals surface area contributed by atoms with Crippen LogP contribution in [0.15, 0.2) is 48.5 Å². The normalized spacial score (nSPS) is 17.5. The van der Waals surface area contributed by atoms with Crippen LogP contribution in [-0.4, -0.2) is 51.8 Å². The molecule has 0 unspecified atom stereocenters. The van der Waals surface area contributed by atoms with E-state index in [1.807, 2.05) is 44.0 Å². The first kappa shape index (κ1) is 22.0.